The molecule has 8 heteroatoms. The number of carbonyl (C=O) groups is 3. The molecule has 34 heavy (non-hydrogen) atoms. The van der Waals surface area contributed by atoms with E-state index in [2.05, 4.69) is 19.2 Å². The number of methoxy groups -OCH3 is 2. The molecule has 2 heterocycles. The highest BCUT2D eigenvalue weighted by molar-refractivity contribution is 6.18. The highest BCUT2D eigenvalue weighted by Gasteiger charge is 2.49. The van der Waals surface area contributed by atoms with E-state index >= 15 is 0 Å². The van der Waals surface area contributed by atoms with Gasteiger partial charge < -0.3 is 19.7 Å². The van der Waals surface area contributed by atoms with Crippen LogP contribution in [0.5, 0.6) is 11.5 Å². The summed E-state index contributed by atoms with van der Waals surface area (Å²) in [4.78, 5) is 42.7. The molecule has 0 spiro atoms. The monoisotopic (exact) mass is 465 g/mol. The van der Waals surface area contributed by atoms with Gasteiger partial charge in [-0.2, -0.15) is 0 Å². The zero-order chi connectivity index (χ0) is 24.4. The van der Waals surface area contributed by atoms with E-state index in [1.165, 1.54) is 14.2 Å². The van der Waals surface area contributed by atoms with Crippen LogP contribution in [0.3, 0.4) is 0 Å². The van der Waals surface area contributed by atoms with Crippen molar-refractivity contribution in [2.24, 2.45) is 5.92 Å². The van der Waals surface area contributed by atoms with Crippen molar-refractivity contribution >= 4 is 23.4 Å². The average Bonchev–Trinajstić information content (AvgIpc) is 3.12. The van der Waals surface area contributed by atoms with E-state index in [9.17, 15) is 14.4 Å². The first-order valence-electron chi connectivity index (χ1n) is 11.6. The molecule has 180 valence electrons. The van der Waals surface area contributed by atoms with Crippen molar-refractivity contribution in [3.05, 3.63) is 53.1 Å². The molecule has 1 atom stereocenters. The fraction of sp³-hybridized carbons (Fsp3) is 0.423. The van der Waals surface area contributed by atoms with Gasteiger partial charge in [0.1, 0.15) is 6.17 Å². The molecule has 1 unspecified atom stereocenters. The number of nitrogens with zero attached hydrogens (tertiary/aromatic N) is 2. The molecule has 0 aromatic heterocycles. The zero-order valence-electron chi connectivity index (χ0n) is 20.1. The lowest BCUT2D eigenvalue weighted by atomic mass is 10.0. The minimum absolute atomic E-state index is 0.0309. The summed E-state index contributed by atoms with van der Waals surface area (Å²) in [7, 11) is 3.02. The van der Waals surface area contributed by atoms with Crippen molar-refractivity contribution in [3.63, 3.8) is 0 Å². The molecule has 8 nitrogen and oxygen atoms in total. The van der Waals surface area contributed by atoms with Gasteiger partial charge in [-0.15, -0.1) is 0 Å². The molecule has 0 saturated carbocycles. The van der Waals surface area contributed by atoms with Gasteiger partial charge >= 0.3 is 0 Å². The van der Waals surface area contributed by atoms with Gasteiger partial charge in [0, 0.05) is 25.1 Å². The number of rotatable bonds is 9. The van der Waals surface area contributed by atoms with Crippen LogP contribution in [0.2, 0.25) is 0 Å². The quantitative estimate of drug-likeness (QED) is 0.609. The Hall–Kier alpha value is -3.55. The SMILES string of the molecule is COc1ccc2c(c1OC)C(=O)N1c3ccccc3C(=O)N(CCCC(=O)NCCC(C)C)C21. The van der Waals surface area contributed by atoms with E-state index in [-0.39, 0.29) is 17.7 Å². The van der Waals surface area contributed by atoms with Crippen molar-refractivity contribution in [1.82, 2.24) is 10.2 Å². The number of hydrogen-bond acceptors (Lipinski definition) is 5. The summed E-state index contributed by atoms with van der Waals surface area (Å²) in [5, 5.41) is 2.94. The maximum absolute atomic E-state index is 13.6. The van der Waals surface area contributed by atoms with Crippen molar-refractivity contribution in [2.75, 3.05) is 32.2 Å². The highest BCUT2D eigenvalue weighted by Crippen LogP contribution is 2.49. The maximum atomic E-state index is 13.6. The van der Waals surface area contributed by atoms with E-state index in [0.717, 1.165) is 6.42 Å². The molecule has 4 rings (SSSR count). The second kappa shape index (κ2) is 9.75. The highest BCUT2D eigenvalue weighted by atomic mass is 16.5. The average molecular weight is 466 g/mol. The van der Waals surface area contributed by atoms with Crippen LogP contribution in [-0.2, 0) is 4.79 Å². The summed E-state index contributed by atoms with van der Waals surface area (Å²) in [6.45, 7) is 5.21. The van der Waals surface area contributed by atoms with Crippen LogP contribution < -0.4 is 19.7 Å². The van der Waals surface area contributed by atoms with Crippen molar-refractivity contribution in [3.8, 4) is 11.5 Å². The summed E-state index contributed by atoms with van der Waals surface area (Å²) in [6.07, 6.45) is 1.12. The normalized spacial score (nSPS) is 16.3. The first-order valence-corrected chi connectivity index (χ1v) is 11.6. The summed E-state index contributed by atoms with van der Waals surface area (Å²) in [6, 6.07) is 10.7. The van der Waals surface area contributed by atoms with Gasteiger partial charge in [-0.3, -0.25) is 19.3 Å². The Labute approximate surface area is 199 Å². The second-order valence-electron chi connectivity index (χ2n) is 8.97. The van der Waals surface area contributed by atoms with Crippen molar-refractivity contribution < 1.29 is 23.9 Å². The minimum atomic E-state index is -0.603. The molecular weight excluding hydrogens is 434 g/mol. The molecular formula is C26H31N3O5. The molecule has 2 aromatic carbocycles. The molecule has 2 aliphatic rings. The zero-order valence-corrected chi connectivity index (χ0v) is 20.1. The van der Waals surface area contributed by atoms with Crippen LogP contribution in [0.1, 0.15) is 65.6 Å². The fourth-order valence-corrected chi connectivity index (χ4v) is 4.65. The molecule has 1 N–H and O–H groups in total. The van der Waals surface area contributed by atoms with Gasteiger partial charge in [0.25, 0.3) is 11.8 Å². The number of ether oxygens (including phenoxy) is 2. The summed E-state index contributed by atoms with van der Waals surface area (Å²) in [5.74, 6) is 0.900. The first-order chi connectivity index (χ1) is 16.4. The predicted octanol–water partition coefficient (Wildman–Crippen LogP) is 3.76. The van der Waals surface area contributed by atoms with E-state index in [4.69, 9.17) is 9.47 Å². The number of fused-ring (bicyclic) bond motifs is 5. The van der Waals surface area contributed by atoms with Crippen LogP contribution in [0.25, 0.3) is 0 Å². The van der Waals surface area contributed by atoms with Gasteiger partial charge in [0.05, 0.1) is 31.0 Å². The van der Waals surface area contributed by atoms with E-state index in [1.54, 1.807) is 34.1 Å². The van der Waals surface area contributed by atoms with E-state index in [1.807, 2.05) is 12.1 Å². The topological polar surface area (TPSA) is 88.2 Å². The molecule has 0 saturated heterocycles. The minimum Gasteiger partial charge on any atom is -0.493 e. The third-order valence-corrected chi connectivity index (χ3v) is 6.33. The number of para-hydroxylation sites is 1. The number of carbonyl (C=O) groups excluding carboxylic acids is 3. The Morgan fingerprint density at radius 3 is 2.53 bits per heavy atom. The van der Waals surface area contributed by atoms with Gasteiger partial charge in [0.2, 0.25) is 5.91 Å². The Kier molecular flexibility index (Phi) is 6.77. The Morgan fingerprint density at radius 1 is 1.06 bits per heavy atom. The van der Waals surface area contributed by atoms with Gasteiger partial charge in [0.15, 0.2) is 11.5 Å². The molecule has 0 radical (unpaired) electrons. The van der Waals surface area contributed by atoms with Crippen LogP contribution in [0.15, 0.2) is 36.4 Å². The lowest BCUT2D eigenvalue weighted by molar-refractivity contribution is -0.121. The lowest BCUT2D eigenvalue weighted by Gasteiger charge is -2.41. The van der Waals surface area contributed by atoms with Gasteiger partial charge in [-0.05, 0) is 37.0 Å². The summed E-state index contributed by atoms with van der Waals surface area (Å²) in [5.41, 5.74) is 2.12. The molecule has 2 aliphatic heterocycles. The summed E-state index contributed by atoms with van der Waals surface area (Å²) < 4.78 is 10.9. The van der Waals surface area contributed by atoms with Crippen LogP contribution >= 0.6 is 0 Å². The van der Waals surface area contributed by atoms with E-state index < -0.39 is 6.17 Å². The first kappa shape index (κ1) is 23.6. The number of benzene rings is 2. The van der Waals surface area contributed by atoms with Gasteiger partial charge in [-0.1, -0.05) is 32.0 Å². The Bertz CT molecular complexity index is 1110. The second-order valence-corrected chi connectivity index (χ2v) is 8.97. The molecule has 2 aromatic rings. The smallest absolute Gasteiger partial charge is 0.264 e. The Morgan fingerprint density at radius 2 is 1.82 bits per heavy atom. The molecule has 0 bridgehead atoms. The van der Waals surface area contributed by atoms with Crippen LogP contribution in [0, 0.1) is 5.92 Å². The standard InChI is InChI=1S/C26H31N3O5/c1-16(2)13-14-27-21(30)10-7-15-28-24-18-11-12-20(33-3)23(34-4)22(18)26(32)29(24)19-9-6-5-8-17(19)25(28)31/h5-6,8-9,11-12,16,24H,7,10,13-15H2,1-4H3,(H,27,30). The molecule has 3 amide bonds. The number of amides is 3. The third-order valence-electron chi connectivity index (χ3n) is 6.33. The Balaban J connectivity index is 1.63. The largest absolute Gasteiger partial charge is 0.493 e. The molecule has 0 aliphatic carbocycles. The van der Waals surface area contributed by atoms with E-state index in [0.29, 0.717) is 65.7 Å². The third kappa shape index (κ3) is 4.08. The maximum Gasteiger partial charge on any atom is 0.264 e. The van der Waals surface area contributed by atoms with Crippen molar-refractivity contribution in [1.29, 1.82) is 0 Å². The van der Waals surface area contributed by atoms with Gasteiger partial charge in [-0.25, -0.2) is 0 Å². The van der Waals surface area contributed by atoms with Crippen molar-refractivity contribution in [2.45, 2.75) is 39.3 Å². The predicted molar refractivity (Wildman–Crippen MR) is 128 cm³/mol. The number of nitrogens with one attached hydrogen (secondary N) is 1. The fourth-order valence-electron chi connectivity index (χ4n) is 4.65. The van der Waals surface area contributed by atoms with Crippen LogP contribution in [0.4, 0.5) is 5.69 Å². The number of hydrogen-bond donors (Lipinski definition) is 1. The number of anilines is 1. The lowest BCUT2D eigenvalue weighted by Crippen LogP contribution is -2.48. The van der Waals surface area contributed by atoms with Crippen LogP contribution in [-0.4, -0.2) is 49.9 Å². The molecule has 0 fully saturated rings. The summed E-state index contributed by atoms with van der Waals surface area (Å²) >= 11 is 0.